The number of benzene rings is 1. The number of carbonyl (C=O) groups is 3. The van der Waals surface area contributed by atoms with Crippen LogP contribution in [0.25, 0.3) is 0 Å². The number of likely N-dealkylation sites (tertiary alicyclic amines) is 1. The Morgan fingerprint density at radius 2 is 1.79 bits per heavy atom. The second kappa shape index (κ2) is 7.54. The van der Waals surface area contributed by atoms with Crippen LogP contribution < -0.4 is 10.2 Å². The van der Waals surface area contributed by atoms with Gasteiger partial charge in [-0.05, 0) is 38.0 Å². The van der Waals surface area contributed by atoms with Gasteiger partial charge < -0.3 is 9.64 Å². The Bertz CT molecular complexity index is 776. The zero-order chi connectivity index (χ0) is 20.6. The summed E-state index contributed by atoms with van der Waals surface area (Å²) < 4.78 is 5.33. The maximum Gasteiger partial charge on any atom is 0.327 e. The number of ether oxygens (including phenoxy) is 1. The van der Waals surface area contributed by atoms with Crippen molar-refractivity contribution in [3.8, 4) is 0 Å². The van der Waals surface area contributed by atoms with Gasteiger partial charge in [0.2, 0.25) is 11.8 Å². The second-order valence-corrected chi connectivity index (χ2v) is 7.58. The van der Waals surface area contributed by atoms with Gasteiger partial charge >= 0.3 is 5.97 Å². The zero-order valence-corrected chi connectivity index (χ0v) is 17.2. The molecular weight excluding hydrogens is 358 g/mol. The van der Waals surface area contributed by atoms with Crippen molar-refractivity contribution < 1.29 is 19.1 Å². The summed E-state index contributed by atoms with van der Waals surface area (Å²) in [6.07, 6.45) is 0.371. The third kappa shape index (κ3) is 2.89. The van der Waals surface area contributed by atoms with Crippen molar-refractivity contribution in [3.63, 3.8) is 0 Å². The lowest BCUT2D eigenvalue weighted by molar-refractivity contribution is -0.156. The van der Waals surface area contributed by atoms with E-state index in [1.807, 2.05) is 50.2 Å². The molecule has 1 aromatic carbocycles. The summed E-state index contributed by atoms with van der Waals surface area (Å²) in [7, 11) is 3.92. The molecular formula is C21H29N3O4. The summed E-state index contributed by atoms with van der Waals surface area (Å²) in [4.78, 5) is 42.4. The van der Waals surface area contributed by atoms with Gasteiger partial charge in [0.15, 0.2) is 0 Å². The normalized spacial score (nSPS) is 29.2. The van der Waals surface area contributed by atoms with E-state index in [9.17, 15) is 14.4 Å². The second-order valence-electron chi connectivity index (χ2n) is 7.58. The molecule has 2 aliphatic rings. The van der Waals surface area contributed by atoms with Crippen molar-refractivity contribution in [2.75, 3.05) is 32.1 Å². The van der Waals surface area contributed by atoms with Crippen LogP contribution in [0.3, 0.4) is 0 Å². The molecule has 1 N–H and O–H groups in total. The maximum atomic E-state index is 13.1. The first-order valence-corrected chi connectivity index (χ1v) is 9.89. The molecule has 0 aromatic heterocycles. The third-order valence-electron chi connectivity index (χ3n) is 6.03. The van der Waals surface area contributed by atoms with Crippen LogP contribution in [0.1, 0.15) is 38.8 Å². The van der Waals surface area contributed by atoms with Crippen LogP contribution in [0.2, 0.25) is 0 Å². The van der Waals surface area contributed by atoms with Gasteiger partial charge in [-0.25, -0.2) is 0 Å². The van der Waals surface area contributed by atoms with Crippen LogP contribution >= 0.6 is 0 Å². The van der Waals surface area contributed by atoms with E-state index < -0.39 is 29.4 Å². The summed E-state index contributed by atoms with van der Waals surface area (Å²) in [5.41, 5.74) is 0.733. The van der Waals surface area contributed by atoms with E-state index in [4.69, 9.17) is 4.74 Å². The number of nitrogens with zero attached hydrogens (tertiary/aromatic N) is 2. The molecule has 0 saturated carbocycles. The first kappa shape index (κ1) is 20.3. The standard InChI is InChI=1S/C21H29N3O4/c1-6-21(20(27)28-8-3)16-15(18(25)24(7-2)19(16)26)17(22-21)13-9-11-14(12-10-13)23(4)5/h9-12,15-17,22H,6-8H2,1-5H3/t15-,16-,17-,21-/m1/s1. The zero-order valence-electron chi connectivity index (χ0n) is 17.2. The fraction of sp³-hybridized carbons (Fsp3) is 0.571. The van der Waals surface area contributed by atoms with Gasteiger partial charge in [-0.15, -0.1) is 0 Å². The molecule has 0 radical (unpaired) electrons. The summed E-state index contributed by atoms with van der Waals surface area (Å²) in [5, 5.41) is 3.35. The molecule has 2 aliphatic heterocycles. The Kier molecular flexibility index (Phi) is 5.48. The number of hydrogen-bond donors (Lipinski definition) is 1. The number of amides is 2. The Morgan fingerprint density at radius 1 is 1.14 bits per heavy atom. The highest BCUT2D eigenvalue weighted by atomic mass is 16.5. The van der Waals surface area contributed by atoms with Crippen LogP contribution in [-0.4, -0.2) is 55.5 Å². The van der Waals surface area contributed by atoms with E-state index in [1.165, 1.54) is 4.90 Å². The van der Waals surface area contributed by atoms with Crippen LogP contribution in [0.5, 0.6) is 0 Å². The van der Waals surface area contributed by atoms with E-state index in [0.29, 0.717) is 13.0 Å². The highest BCUT2D eigenvalue weighted by Gasteiger charge is 2.67. The number of rotatable bonds is 6. The molecule has 28 heavy (non-hydrogen) atoms. The fourth-order valence-electron chi connectivity index (χ4n) is 4.56. The minimum absolute atomic E-state index is 0.216. The summed E-state index contributed by atoms with van der Waals surface area (Å²) >= 11 is 0. The molecule has 3 rings (SSSR count). The number of nitrogens with one attached hydrogen (secondary N) is 1. The fourth-order valence-corrected chi connectivity index (χ4v) is 4.56. The predicted octanol–water partition coefficient (Wildman–Crippen LogP) is 1.73. The SMILES string of the molecule is CCOC(=O)[C@]1(CC)N[C@H](c2ccc(N(C)C)cc2)[C@@H]2C(=O)N(CC)C(=O)[C@@H]21. The molecule has 2 heterocycles. The summed E-state index contributed by atoms with van der Waals surface area (Å²) in [5.74, 6) is -2.32. The molecule has 7 heteroatoms. The van der Waals surface area contributed by atoms with Crippen LogP contribution in [0.4, 0.5) is 5.69 Å². The van der Waals surface area contributed by atoms with Crippen molar-refractivity contribution in [1.82, 2.24) is 10.2 Å². The van der Waals surface area contributed by atoms with Crippen molar-refractivity contribution >= 4 is 23.5 Å². The number of anilines is 1. The average molecular weight is 387 g/mol. The van der Waals surface area contributed by atoms with E-state index >= 15 is 0 Å². The molecule has 7 nitrogen and oxygen atoms in total. The van der Waals surface area contributed by atoms with Crippen molar-refractivity contribution in [1.29, 1.82) is 0 Å². The van der Waals surface area contributed by atoms with E-state index in [-0.39, 0.29) is 18.4 Å². The first-order valence-electron chi connectivity index (χ1n) is 9.89. The summed E-state index contributed by atoms with van der Waals surface area (Å²) in [6.45, 7) is 5.90. The molecule has 0 spiro atoms. The maximum absolute atomic E-state index is 13.1. The monoisotopic (exact) mass is 387 g/mol. The number of imide groups is 1. The molecule has 0 aliphatic carbocycles. The highest BCUT2D eigenvalue weighted by Crippen LogP contribution is 2.50. The molecule has 152 valence electrons. The molecule has 0 bridgehead atoms. The number of fused-ring (bicyclic) bond motifs is 1. The molecule has 2 saturated heterocycles. The van der Waals surface area contributed by atoms with Crippen LogP contribution in [-0.2, 0) is 19.1 Å². The third-order valence-corrected chi connectivity index (χ3v) is 6.03. The smallest absolute Gasteiger partial charge is 0.327 e. The van der Waals surface area contributed by atoms with Gasteiger partial charge in [0.1, 0.15) is 5.54 Å². The molecule has 4 atom stereocenters. The van der Waals surface area contributed by atoms with Crippen LogP contribution in [0.15, 0.2) is 24.3 Å². The van der Waals surface area contributed by atoms with Gasteiger partial charge in [0.25, 0.3) is 0 Å². The minimum atomic E-state index is -1.19. The van der Waals surface area contributed by atoms with Crippen molar-refractivity contribution in [2.45, 2.75) is 38.8 Å². The van der Waals surface area contributed by atoms with E-state index in [1.54, 1.807) is 13.8 Å². The van der Waals surface area contributed by atoms with Gasteiger partial charge in [-0.1, -0.05) is 19.1 Å². The van der Waals surface area contributed by atoms with E-state index in [2.05, 4.69) is 5.32 Å². The van der Waals surface area contributed by atoms with Crippen molar-refractivity contribution in [2.24, 2.45) is 11.8 Å². The van der Waals surface area contributed by atoms with Gasteiger partial charge in [-0.2, -0.15) is 0 Å². The number of carbonyl (C=O) groups excluding carboxylic acids is 3. The Balaban J connectivity index is 2.08. The topological polar surface area (TPSA) is 79.0 Å². The molecule has 2 amide bonds. The lowest BCUT2D eigenvalue weighted by Crippen LogP contribution is -2.56. The van der Waals surface area contributed by atoms with Crippen molar-refractivity contribution in [3.05, 3.63) is 29.8 Å². The number of esters is 1. The Hall–Kier alpha value is -2.41. The van der Waals surface area contributed by atoms with Crippen LogP contribution in [0, 0.1) is 11.8 Å². The lowest BCUT2D eigenvalue weighted by Gasteiger charge is -2.31. The quantitative estimate of drug-likeness (QED) is 0.592. The van der Waals surface area contributed by atoms with Gasteiger partial charge in [0.05, 0.1) is 18.4 Å². The largest absolute Gasteiger partial charge is 0.465 e. The van der Waals surface area contributed by atoms with Gasteiger partial charge in [0, 0.05) is 32.4 Å². The predicted molar refractivity (Wildman–Crippen MR) is 106 cm³/mol. The Labute approximate surface area is 166 Å². The number of hydrogen-bond acceptors (Lipinski definition) is 6. The first-order chi connectivity index (χ1) is 13.3. The molecule has 1 aromatic rings. The van der Waals surface area contributed by atoms with E-state index in [0.717, 1.165) is 11.3 Å². The lowest BCUT2D eigenvalue weighted by atomic mass is 9.78. The van der Waals surface area contributed by atoms with Gasteiger partial charge in [-0.3, -0.25) is 24.6 Å². The minimum Gasteiger partial charge on any atom is -0.465 e. The Morgan fingerprint density at radius 3 is 2.29 bits per heavy atom. The average Bonchev–Trinajstić information content (AvgIpc) is 3.16. The summed E-state index contributed by atoms with van der Waals surface area (Å²) in [6, 6.07) is 7.43. The molecule has 0 unspecified atom stereocenters. The molecule has 2 fully saturated rings. The highest BCUT2D eigenvalue weighted by molar-refractivity contribution is 6.09.